The second kappa shape index (κ2) is 4.25. The molecule has 0 aromatic carbocycles. The van der Waals surface area contributed by atoms with Crippen molar-refractivity contribution in [1.82, 2.24) is 0 Å². The quantitative estimate of drug-likeness (QED) is 0.487. The maximum absolute atomic E-state index is 10.1. The highest BCUT2D eigenvalue weighted by atomic mass is 35.7. The standard InChI is InChI=1S/C3H8ClO4P/c4-9(6,7)8-3-1-2-5/h5H,1-3H2,(H,6,7). The normalized spacial score (nSPS) is 17.2. The number of aliphatic hydroxyl groups excluding tert-OH is 1. The van der Waals surface area contributed by atoms with Gasteiger partial charge in [0, 0.05) is 17.8 Å². The lowest BCUT2D eigenvalue weighted by Crippen LogP contribution is -1.92. The van der Waals surface area contributed by atoms with Crippen LogP contribution in [0, 0.1) is 0 Å². The van der Waals surface area contributed by atoms with Gasteiger partial charge in [-0.05, 0) is 6.42 Å². The van der Waals surface area contributed by atoms with Crippen LogP contribution in [0.25, 0.3) is 0 Å². The predicted molar refractivity (Wildman–Crippen MR) is 33.3 cm³/mol. The fourth-order valence-electron chi connectivity index (χ4n) is 0.242. The third-order valence-corrected chi connectivity index (χ3v) is 1.35. The molecule has 1 atom stereocenters. The molecule has 0 aromatic heterocycles. The van der Waals surface area contributed by atoms with E-state index in [1.807, 2.05) is 0 Å². The zero-order valence-electron chi connectivity index (χ0n) is 4.66. The minimum Gasteiger partial charge on any atom is -0.396 e. The maximum atomic E-state index is 10.1. The van der Waals surface area contributed by atoms with Crippen LogP contribution in [-0.4, -0.2) is 23.2 Å². The minimum absolute atomic E-state index is 0.00772. The summed E-state index contributed by atoms with van der Waals surface area (Å²) in [7, 11) is 0. The van der Waals surface area contributed by atoms with Crippen LogP contribution in [0.4, 0.5) is 0 Å². The molecule has 0 spiro atoms. The monoisotopic (exact) mass is 174 g/mol. The molecule has 56 valence electrons. The smallest absolute Gasteiger partial charge is 0.396 e. The molecule has 1 unspecified atom stereocenters. The first-order chi connectivity index (χ1) is 4.06. The number of hydrogen-bond donors (Lipinski definition) is 2. The van der Waals surface area contributed by atoms with Gasteiger partial charge < -0.3 is 10.00 Å². The van der Waals surface area contributed by atoms with Crippen molar-refractivity contribution in [2.45, 2.75) is 6.42 Å². The van der Waals surface area contributed by atoms with Crippen molar-refractivity contribution < 1.29 is 19.1 Å². The van der Waals surface area contributed by atoms with E-state index in [1.165, 1.54) is 0 Å². The highest BCUT2D eigenvalue weighted by molar-refractivity contribution is 7.80. The van der Waals surface area contributed by atoms with Crippen molar-refractivity contribution in [3.8, 4) is 0 Å². The predicted octanol–water partition coefficient (Wildman–Crippen LogP) is 0.725. The molecule has 0 rings (SSSR count). The Bertz CT molecular complexity index is 110. The number of aliphatic hydroxyl groups is 1. The maximum Gasteiger partial charge on any atom is 0.421 e. The van der Waals surface area contributed by atoms with E-state index in [4.69, 9.17) is 21.2 Å². The molecule has 9 heavy (non-hydrogen) atoms. The molecule has 0 fully saturated rings. The fraction of sp³-hybridized carbons (Fsp3) is 1.00. The average Bonchev–Trinajstić information content (AvgIpc) is 1.63. The van der Waals surface area contributed by atoms with Gasteiger partial charge in [-0.2, -0.15) is 0 Å². The second-order valence-corrected chi connectivity index (χ2v) is 3.80. The van der Waals surface area contributed by atoms with Crippen LogP contribution in [0.2, 0.25) is 0 Å². The fourth-order valence-corrected chi connectivity index (χ4v) is 0.803. The van der Waals surface area contributed by atoms with E-state index in [-0.39, 0.29) is 13.2 Å². The van der Waals surface area contributed by atoms with Crippen LogP contribution in [0.1, 0.15) is 6.42 Å². The average molecular weight is 175 g/mol. The Morgan fingerprint density at radius 1 is 1.67 bits per heavy atom. The number of rotatable bonds is 4. The summed E-state index contributed by atoms with van der Waals surface area (Å²) in [6.07, 6.45) is 0.317. The summed E-state index contributed by atoms with van der Waals surface area (Å²) in [5.74, 6) is 0. The summed E-state index contributed by atoms with van der Waals surface area (Å²) in [5.41, 5.74) is 0. The van der Waals surface area contributed by atoms with Crippen LogP contribution in [0.3, 0.4) is 0 Å². The van der Waals surface area contributed by atoms with Crippen molar-refractivity contribution in [2.24, 2.45) is 0 Å². The van der Waals surface area contributed by atoms with Crippen LogP contribution in [0.15, 0.2) is 0 Å². The Hall–Kier alpha value is 0.400. The van der Waals surface area contributed by atoms with Gasteiger partial charge in [0.1, 0.15) is 0 Å². The van der Waals surface area contributed by atoms with E-state index in [0.717, 1.165) is 0 Å². The van der Waals surface area contributed by atoms with Gasteiger partial charge in [0.05, 0.1) is 6.61 Å². The zero-order chi connectivity index (χ0) is 7.33. The lowest BCUT2D eigenvalue weighted by Gasteiger charge is -2.01. The molecule has 0 amide bonds. The van der Waals surface area contributed by atoms with Gasteiger partial charge in [0.2, 0.25) is 0 Å². The summed E-state index contributed by atoms with van der Waals surface area (Å²) >= 11 is 4.78. The molecule has 0 bridgehead atoms. The molecule has 2 N–H and O–H groups in total. The molecule has 0 aromatic rings. The lowest BCUT2D eigenvalue weighted by atomic mass is 10.5. The summed E-state index contributed by atoms with van der Waals surface area (Å²) < 4.78 is 14.3. The van der Waals surface area contributed by atoms with Crippen molar-refractivity contribution in [3.05, 3.63) is 0 Å². The molecule has 0 aliphatic rings. The zero-order valence-corrected chi connectivity index (χ0v) is 6.31. The Kier molecular flexibility index (Phi) is 4.44. The minimum atomic E-state index is -3.83. The van der Waals surface area contributed by atoms with Gasteiger partial charge >= 0.3 is 6.95 Å². The van der Waals surface area contributed by atoms with Gasteiger partial charge in [-0.3, -0.25) is 4.52 Å². The highest BCUT2D eigenvalue weighted by Gasteiger charge is 2.12. The summed E-state index contributed by atoms with van der Waals surface area (Å²) in [4.78, 5) is 8.26. The first-order valence-corrected chi connectivity index (χ1v) is 4.82. The molecule has 0 aliphatic heterocycles. The van der Waals surface area contributed by atoms with Gasteiger partial charge in [-0.15, -0.1) is 0 Å². The van der Waals surface area contributed by atoms with Gasteiger partial charge in [0.15, 0.2) is 0 Å². The van der Waals surface area contributed by atoms with Gasteiger partial charge in [-0.25, -0.2) is 4.57 Å². The first kappa shape index (κ1) is 9.40. The molecule has 6 heteroatoms. The lowest BCUT2D eigenvalue weighted by molar-refractivity contribution is 0.221. The highest BCUT2D eigenvalue weighted by Crippen LogP contribution is 2.47. The molecule has 4 nitrogen and oxygen atoms in total. The van der Waals surface area contributed by atoms with E-state index >= 15 is 0 Å². The topological polar surface area (TPSA) is 66.8 Å². The van der Waals surface area contributed by atoms with Crippen LogP contribution >= 0.6 is 18.2 Å². The Labute approximate surface area is 57.7 Å². The van der Waals surface area contributed by atoms with E-state index in [2.05, 4.69) is 4.52 Å². The van der Waals surface area contributed by atoms with Crippen LogP contribution in [0.5, 0.6) is 0 Å². The van der Waals surface area contributed by atoms with Crippen molar-refractivity contribution in [1.29, 1.82) is 0 Å². The third kappa shape index (κ3) is 8.40. The third-order valence-electron chi connectivity index (χ3n) is 0.553. The first-order valence-electron chi connectivity index (χ1n) is 2.34. The van der Waals surface area contributed by atoms with E-state index in [1.54, 1.807) is 0 Å². The molecular formula is C3H8ClO4P. The van der Waals surface area contributed by atoms with E-state index in [9.17, 15) is 4.57 Å². The molecule has 0 aliphatic carbocycles. The summed E-state index contributed by atoms with van der Waals surface area (Å²) in [5, 5.41) is 8.17. The largest absolute Gasteiger partial charge is 0.421 e. The Morgan fingerprint density at radius 2 is 2.22 bits per heavy atom. The van der Waals surface area contributed by atoms with E-state index in [0.29, 0.717) is 6.42 Å². The van der Waals surface area contributed by atoms with Crippen LogP contribution < -0.4 is 0 Å². The number of halogens is 1. The van der Waals surface area contributed by atoms with Crippen molar-refractivity contribution in [3.63, 3.8) is 0 Å². The van der Waals surface area contributed by atoms with E-state index < -0.39 is 6.95 Å². The Morgan fingerprint density at radius 3 is 2.56 bits per heavy atom. The molecule has 0 saturated carbocycles. The van der Waals surface area contributed by atoms with Gasteiger partial charge in [-0.1, -0.05) is 0 Å². The van der Waals surface area contributed by atoms with Crippen molar-refractivity contribution >= 4 is 18.2 Å². The second-order valence-electron chi connectivity index (χ2n) is 1.36. The SMILES string of the molecule is O=P(O)(Cl)OCCCO. The van der Waals surface area contributed by atoms with Crippen molar-refractivity contribution in [2.75, 3.05) is 13.2 Å². The molecule has 0 heterocycles. The summed E-state index contributed by atoms with van der Waals surface area (Å²) in [6.45, 7) is -3.90. The molecule has 0 radical (unpaired) electrons. The summed E-state index contributed by atoms with van der Waals surface area (Å²) in [6, 6.07) is 0. The Balaban J connectivity index is 3.18. The number of hydrogen-bond acceptors (Lipinski definition) is 3. The van der Waals surface area contributed by atoms with Gasteiger partial charge in [0.25, 0.3) is 0 Å². The van der Waals surface area contributed by atoms with Crippen LogP contribution in [-0.2, 0) is 9.09 Å². The molecular weight excluding hydrogens is 166 g/mol. The molecule has 0 saturated heterocycles.